The molecule has 1 aromatic carbocycles. The Labute approximate surface area is 90.4 Å². The van der Waals surface area contributed by atoms with Crippen LogP contribution in [0, 0.1) is 17.7 Å². The molecule has 0 atom stereocenters. The van der Waals surface area contributed by atoms with Crippen molar-refractivity contribution < 1.29 is 9.18 Å². The van der Waals surface area contributed by atoms with Gasteiger partial charge in [0.1, 0.15) is 12.1 Å². The molecular formula is C11H8BrFO. The molecule has 72 valence electrons. The molecule has 3 heteroatoms. The summed E-state index contributed by atoms with van der Waals surface area (Å²) in [6.07, 6.45) is 1.31. The summed E-state index contributed by atoms with van der Waals surface area (Å²) in [6, 6.07) is 4.06. The Morgan fingerprint density at radius 1 is 1.43 bits per heavy atom. The molecule has 0 aliphatic carbocycles. The molecule has 14 heavy (non-hydrogen) atoms. The van der Waals surface area contributed by atoms with Crippen LogP contribution in [0.3, 0.4) is 0 Å². The Morgan fingerprint density at radius 3 is 2.86 bits per heavy atom. The molecule has 0 fully saturated rings. The van der Waals surface area contributed by atoms with Gasteiger partial charge in [0.05, 0.1) is 0 Å². The van der Waals surface area contributed by atoms with E-state index in [1.165, 1.54) is 12.1 Å². The minimum absolute atomic E-state index is 0.313. The van der Waals surface area contributed by atoms with Crippen molar-refractivity contribution in [3.63, 3.8) is 0 Å². The van der Waals surface area contributed by atoms with Crippen LogP contribution >= 0.6 is 15.9 Å². The van der Waals surface area contributed by atoms with Crippen LogP contribution < -0.4 is 0 Å². The maximum absolute atomic E-state index is 12.9. The number of alkyl halides is 1. The van der Waals surface area contributed by atoms with Crippen LogP contribution in [0.1, 0.15) is 22.3 Å². The Kier molecular flexibility index (Phi) is 4.34. The summed E-state index contributed by atoms with van der Waals surface area (Å²) >= 11 is 3.23. The molecule has 0 radical (unpaired) electrons. The molecule has 1 aromatic rings. The van der Waals surface area contributed by atoms with E-state index in [9.17, 15) is 9.18 Å². The van der Waals surface area contributed by atoms with Gasteiger partial charge in [-0.05, 0) is 18.2 Å². The Balaban J connectivity index is 2.93. The Bertz CT molecular complexity index is 390. The number of carbonyl (C=O) groups is 1. The van der Waals surface area contributed by atoms with Gasteiger partial charge in [-0.3, -0.25) is 4.79 Å². The van der Waals surface area contributed by atoms with Crippen molar-refractivity contribution in [2.45, 2.75) is 6.42 Å². The fraction of sp³-hybridized carbons (Fsp3) is 0.182. The maximum atomic E-state index is 12.9. The lowest BCUT2D eigenvalue weighted by Gasteiger charge is -1.93. The summed E-state index contributed by atoms with van der Waals surface area (Å²) in [4.78, 5) is 10.4. The zero-order valence-electron chi connectivity index (χ0n) is 7.39. The summed E-state index contributed by atoms with van der Waals surface area (Å²) in [5.74, 6) is 5.20. The van der Waals surface area contributed by atoms with E-state index < -0.39 is 5.82 Å². The van der Waals surface area contributed by atoms with Crippen LogP contribution in [0.4, 0.5) is 4.39 Å². The third-order valence-electron chi connectivity index (χ3n) is 1.51. The molecule has 0 N–H and O–H groups in total. The van der Waals surface area contributed by atoms with Crippen molar-refractivity contribution in [3.05, 3.63) is 35.1 Å². The van der Waals surface area contributed by atoms with Gasteiger partial charge in [0.15, 0.2) is 0 Å². The number of halogens is 2. The van der Waals surface area contributed by atoms with Gasteiger partial charge in [-0.1, -0.05) is 27.8 Å². The zero-order chi connectivity index (χ0) is 10.4. The predicted molar refractivity (Wildman–Crippen MR) is 57.1 cm³/mol. The molecular weight excluding hydrogens is 247 g/mol. The first-order chi connectivity index (χ1) is 6.76. The average molecular weight is 255 g/mol. The monoisotopic (exact) mass is 254 g/mol. The summed E-state index contributed by atoms with van der Waals surface area (Å²) in [5.41, 5.74) is 0.848. The quantitative estimate of drug-likeness (QED) is 0.451. The molecule has 0 spiro atoms. The highest BCUT2D eigenvalue weighted by Crippen LogP contribution is 2.06. The molecule has 0 heterocycles. The molecule has 0 aromatic heterocycles. The van der Waals surface area contributed by atoms with E-state index in [0.29, 0.717) is 23.8 Å². The summed E-state index contributed by atoms with van der Waals surface area (Å²) in [5, 5.41) is 0.788. The second kappa shape index (κ2) is 5.56. The minimum Gasteiger partial charge on any atom is -0.298 e. The Hall–Kier alpha value is -1.14. The van der Waals surface area contributed by atoms with Crippen molar-refractivity contribution >= 4 is 22.2 Å². The van der Waals surface area contributed by atoms with E-state index in [4.69, 9.17) is 0 Å². The Morgan fingerprint density at radius 2 is 2.21 bits per heavy atom. The van der Waals surface area contributed by atoms with E-state index in [1.807, 2.05) is 0 Å². The first-order valence-electron chi connectivity index (χ1n) is 4.07. The summed E-state index contributed by atoms with van der Waals surface area (Å²) < 4.78 is 12.9. The van der Waals surface area contributed by atoms with Crippen molar-refractivity contribution in [1.82, 2.24) is 0 Å². The fourth-order valence-corrected chi connectivity index (χ4v) is 1.16. The van der Waals surface area contributed by atoms with Crippen molar-refractivity contribution in [3.8, 4) is 11.8 Å². The first-order valence-corrected chi connectivity index (χ1v) is 5.19. The molecule has 0 saturated carbocycles. The summed E-state index contributed by atoms with van der Waals surface area (Å²) in [7, 11) is 0. The highest BCUT2D eigenvalue weighted by molar-refractivity contribution is 9.09. The average Bonchev–Trinajstić information content (AvgIpc) is 2.17. The van der Waals surface area contributed by atoms with E-state index >= 15 is 0 Å². The van der Waals surface area contributed by atoms with Gasteiger partial charge in [0.25, 0.3) is 0 Å². The van der Waals surface area contributed by atoms with E-state index in [2.05, 4.69) is 27.8 Å². The molecule has 0 unspecified atom stereocenters. The smallest absolute Gasteiger partial charge is 0.150 e. The SMILES string of the molecule is O=Cc1cc(F)cc(C#CCCBr)c1. The van der Waals surface area contributed by atoms with E-state index in [0.717, 1.165) is 5.33 Å². The van der Waals surface area contributed by atoms with Gasteiger partial charge in [0.2, 0.25) is 0 Å². The van der Waals surface area contributed by atoms with Gasteiger partial charge in [-0.2, -0.15) is 0 Å². The maximum Gasteiger partial charge on any atom is 0.150 e. The van der Waals surface area contributed by atoms with Gasteiger partial charge in [-0.25, -0.2) is 4.39 Å². The lowest BCUT2D eigenvalue weighted by molar-refractivity contribution is 0.112. The topological polar surface area (TPSA) is 17.1 Å². The number of hydrogen-bond donors (Lipinski definition) is 0. The third kappa shape index (κ3) is 3.31. The highest BCUT2D eigenvalue weighted by atomic mass is 79.9. The second-order valence-corrected chi connectivity index (χ2v) is 3.42. The third-order valence-corrected chi connectivity index (χ3v) is 1.90. The number of carbonyl (C=O) groups excluding carboxylic acids is 1. The van der Waals surface area contributed by atoms with Crippen LogP contribution in [0.5, 0.6) is 0 Å². The van der Waals surface area contributed by atoms with Gasteiger partial charge < -0.3 is 0 Å². The molecule has 0 aliphatic heterocycles. The number of benzene rings is 1. The zero-order valence-corrected chi connectivity index (χ0v) is 8.97. The first kappa shape index (κ1) is 10.9. The molecule has 0 amide bonds. The summed E-state index contributed by atoms with van der Waals surface area (Å²) in [6.45, 7) is 0. The molecule has 0 aliphatic rings. The fourth-order valence-electron chi connectivity index (χ4n) is 0.964. The lowest BCUT2D eigenvalue weighted by Crippen LogP contribution is -1.85. The molecule has 0 saturated heterocycles. The van der Waals surface area contributed by atoms with Crippen LogP contribution in [0.2, 0.25) is 0 Å². The van der Waals surface area contributed by atoms with E-state index in [-0.39, 0.29) is 0 Å². The number of rotatable bonds is 2. The van der Waals surface area contributed by atoms with Crippen molar-refractivity contribution in [1.29, 1.82) is 0 Å². The highest BCUT2D eigenvalue weighted by Gasteiger charge is 1.97. The van der Waals surface area contributed by atoms with Gasteiger partial charge >= 0.3 is 0 Å². The minimum atomic E-state index is -0.433. The number of hydrogen-bond acceptors (Lipinski definition) is 1. The largest absolute Gasteiger partial charge is 0.298 e. The van der Waals surface area contributed by atoms with Crippen LogP contribution in [-0.4, -0.2) is 11.6 Å². The van der Waals surface area contributed by atoms with Crippen molar-refractivity contribution in [2.24, 2.45) is 0 Å². The normalized spacial score (nSPS) is 9.00. The number of aldehydes is 1. The lowest BCUT2D eigenvalue weighted by atomic mass is 10.1. The molecule has 1 rings (SSSR count). The standard InChI is InChI=1S/C11H8BrFO/c12-4-2-1-3-9-5-10(8-14)7-11(13)6-9/h5-8H,2,4H2. The predicted octanol–water partition coefficient (Wildman–Crippen LogP) is 2.77. The molecule has 0 bridgehead atoms. The van der Waals surface area contributed by atoms with Crippen LogP contribution in [-0.2, 0) is 0 Å². The van der Waals surface area contributed by atoms with Crippen LogP contribution in [0.15, 0.2) is 18.2 Å². The van der Waals surface area contributed by atoms with Gasteiger partial charge in [0, 0.05) is 22.9 Å². The van der Waals surface area contributed by atoms with E-state index in [1.54, 1.807) is 6.07 Å². The molecule has 1 nitrogen and oxygen atoms in total. The van der Waals surface area contributed by atoms with Crippen LogP contribution in [0.25, 0.3) is 0 Å². The van der Waals surface area contributed by atoms with Gasteiger partial charge in [-0.15, -0.1) is 0 Å². The second-order valence-electron chi connectivity index (χ2n) is 2.63. The van der Waals surface area contributed by atoms with Crippen molar-refractivity contribution in [2.75, 3.05) is 5.33 Å².